The Labute approximate surface area is 204 Å². The molecule has 174 valence electrons. The van der Waals surface area contributed by atoms with Gasteiger partial charge in [-0.1, -0.05) is 42.1 Å². The van der Waals surface area contributed by atoms with Crippen LogP contribution in [0.5, 0.6) is 0 Å². The number of thioether (sulfide) groups is 1. The minimum absolute atomic E-state index is 0.0895. The zero-order chi connectivity index (χ0) is 23.9. The lowest BCUT2D eigenvalue weighted by Crippen LogP contribution is -2.24. The number of benzene rings is 2. The highest BCUT2D eigenvalue weighted by atomic mass is 32.2. The second kappa shape index (κ2) is 11.1. The standard InChI is InChI=1S/C25H23N3O4S2/c1-2-32-24(31)18-8-10-19(11-9-18)26-21(29)16-34-25-27-20-13-15-33-22(20)23(30)28(25)14-12-17-6-4-3-5-7-17/h3-11,13,15H,2,12,14,16H2,1H3,(H,26,29). The molecule has 34 heavy (non-hydrogen) atoms. The lowest BCUT2D eigenvalue weighted by molar-refractivity contribution is -0.113. The lowest BCUT2D eigenvalue weighted by atomic mass is 10.1. The quantitative estimate of drug-likeness (QED) is 0.208. The van der Waals surface area contributed by atoms with E-state index in [1.165, 1.54) is 23.1 Å². The lowest BCUT2D eigenvalue weighted by Gasteiger charge is -2.12. The van der Waals surface area contributed by atoms with Gasteiger partial charge in [0.15, 0.2) is 5.16 Å². The van der Waals surface area contributed by atoms with Gasteiger partial charge in [-0.2, -0.15) is 0 Å². The van der Waals surface area contributed by atoms with Gasteiger partial charge in [0.1, 0.15) is 4.70 Å². The van der Waals surface area contributed by atoms with Crippen LogP contribution in [0.1, 0.15) is 22.8 Å². The molecule has 7 nitrogen and oxygen atoms in total. The maximum Gasteiger partial charge on any atom is 0.338 e. The summed E-state index contributed by atoms with van der Waals surface area (Å²) in [5.41, 5.74) is 2.67. The van der Waals surface area contributed by atoms with Crippen molar-refractivity contribution in [2.24, 2.45) is 0 Å². The van der Waals surface area contributed by atoms with Crippen LogP contribution >= 0.6 is 23.1 Å². The van der Waals surface area contributed by atoms with Crippen molar-refractivity contribution in [3.8, 4) is 0 Å². The Bertz CT molecular complexity index is 1350. The van der Waals surface area contributed by atoms with Crippen LogP contribution in [0.25, 0.3) is 10.2 Å². The van der Waals surface area contributed by atoms with Crippen LogP contribution in [0.4, 0.5) is 5.69 Å². The Morgan fingerprint density at radius 1 is 1.09 bits per heavy atom. The summed E-state index contributed by atoms with van der Waals surface area (Å²) < 4.78 is 7.23. The molecule has 0 saturated heterocycles. The summed E-state index contributed by atoms with van der Waals surface area (Å²) in [5.74, 6) is -0.546. The largest absolute Gasteiger partial charge is 0.462 e. The van der Waals surface area contributed by atoms with E-state index in [4.69, 9.17) is 4.74 Å². The first-order chi connectivity index (χ1) is 16.5. The van der Waals surface area contributed by atoms with Crippen LogP contribution in [0.2, 0.25) is 0 Å². The number of nitrogens with one attached hydrogen (secondary N) is 1. The van der Waals surface area contributed by atoms with Gasteiger partial charge in [-0.25, -0.2) is 9.78 Å². The summed E-state index contributed by atoms with van der Waals surface area (Å²) in [4.78, 5) is 42.1. The molecule has 0 spiro atoms. The summed E-state index contributed by atoms with van der Waals surface area (Å²) in [5, 5.41) is 5.17. The van der Waals surface area contributed by atoms with Gasteiger partial charge in [-0.05, 0) is 54.6 Å². The highest BCUT2D eigenvalue weighted by molar-refractivity contribution is 7.99. The van der Waals surface area contributed by atoms with E-state index < -0.39 is 5.97 Å². The number of rotatable bonds is 9. The van der Waals surface area contributed by atoms with Crippen LogP contribution in [-0.2, 0) is 22.5 Å². The van der Waals surface area contributed by atoms with E-state index in [-0.39, 0.29) is 17.2 Å². The highest BCUT2D eigenvalue weighted by Gasteiger charge is 2.15. The van der Waals surface area contributed by atoms with E-state index in [2.05, 4.69) is 10.3 Å². The van der Waals surface area contributed by atoms with Gasteiger partial charge in [0.25, 0.3) is 5.56 Å². The fourth-order valence-corrected chi connectivity index (χ4v) is 4.95. The van der Waals surface area contributed by atoms with E-state index in [1.807, 2.05) is 41.8 Å². The number of thiophene rings is 1. The summed E-state index contributed by atoms with van der Waals surface area (Å²) >= 11 is 2.60. The van der Waals surface area contributed by atoms with Crippen LogP contribution in [0.3, 0.4) is 0 Å². The molecule has 0 atom stereocenters. The van der Waals surface area contributed by atoms with Gasteiger partial charge in [0, 0.05) is 12.2 Å². The Kier molecular flexibility index (Phi) is 7.76. The minimum Gasteiger partial charge on any atom is -0.462 e. The first kappa shape index (κ1) is 23.7. The smallest absolute Gasteiger partial charge is 0.338 e. The summed E-state index contributed by atoms with van der Waals surface area (Å²) in [6, 6.07) is 18.3. The Morgan fingerprint density at radius 2 is 1.85 bits per heavy atom. The molecule has 0 fully saturated rings. The van der Waals surface area contributed by atoms with Gasteiger partial charge < -0.3 is 10.1 Å². The minimum atomic E-state index is -0.403. The van der Waals surface area contributed by atoms with Crippen molar-refractivity contribution in [2.75, 3.05) is 17.7 Å². The fourth-order valence-electron chi connectivity index (χ4n) is 3.35. The number of hydrogen-bond acceptors (Lipinski definition) is 7. The van der Waals surface area contributed by atoms with E-state index in [9.17, 15) is 14.4 Å². The van der Waals surface area contributed by atoms with Crippen molar-refractivity contribution in [3.05, 3.63) is 87.5 Å². The Balaban J connectivity index is 1.45. The summed E-state index contributed by atoms with van der Waals surface area (Å²) in [6.45, 7) is 2.52. The van der Waals surface area contributed by atoms with Gasteiger partial charge in [0.2, 0.25) is 5.91 Å². The molecule has 0 unspecified atom stereocenters. The maximum atomic E-state index is 13.1. The number of fused-ring (bicyclic) bond motifs is 1. The number of amides is 1. The van der Waals surface area contributed by atoms with E-state index in [0.29, 0.717) is 46.2 Å². The second-order valence-electron chi connectivity index (χ2n) is 7.36. The third-order valence-corrected chi connectivity index (χ3v) is 6.88. The maximum absolute atomic E-state index is 13.1. The van der Waals surface area contributed by atoms with Crippen molar-refractivity contribution < 1.29 is 14.3 Å². The first-order valence-electron chi connectivity index (χ1n) is 10.8. The molecule has 1 amide bonds. The molecule has 4 rings (SSSR count). The predicted molar refractivity (Wildman–Crippen MR) is 136 cm³/mol. The third kappa shape index (κ3) is 5.73. The number of carbonyl (C=O) groups is 2. The number of ether oxygens (including phenoxy) is 1. The topological polar surface area (TPSA) is 90.3 Å². The molecule has 2 aromatic heterocycles. The van der Waals surface area contributed by atoms with Gasteiger partial charge in [-0.15, -0.1) is 11.3 Å². The van der Waals surface area contributed by atoms with Gasteiger partial charge >= 0.3 is 5.97 Å². The van der Waals surface area contributed by atoms with Crippen LogP contribution in [0.15, 0.2) is 76.0 Å². The number of hydrogen-bond donors (Lipinski definition) is 1. The number of nitrogens with zero attached hydrogens (tertiary/aromatic N) is 2. The Morgan fingerprint density at radius 3 is 2.59 bits per heavy atom. The van der Waals surface area contributed by atoms with Crippen LogP contribution < -0.4 is 10.9 Å². The van der Waals surface area contributed by atoms with Crippen molar-refractivity contribution in [2.45, 2.75) is 25.0 Å². The number of carbonyl (C=O) groups excluding carboxylic acids is 2. The zero-order valence-corrected chi connectivity index (χ0v) is 20.2. The average molecular weight is 494 g/mol. The zero-order valence-electron chi connectivity index (χ0n) is 18.5. The molecule has 0 bridgehead atoms. The SMILES string of the molecule is CCOC(=O)c1ccc(NC(=O)CSc2nc3ccsc3c(=O)n2CCc2ccccc2)cc1. The second-order valence-corrected chi connectivity index (χ2v) is 9.22. The van der Waals surface area contributed by atoms with E-state index >= 15 is 0 Å². The molecule has 0 saturated carbocycles. The molecule has 1 N–H and O–H groups in total. The molecule has 0 aliphatic carbocycles. The molecule has 4 aromatic rings. The molecule has 0 aliphatic rings. The first-order valence-corrected chi connectivity index (χ1v) is 12.6. The molecule has 2 aromatic carbocycles. The number of aromatic nitrogens is 2. The number of esters is 1. The third-order valence-electron chi connectivity index (χ3n) is 5.01. The summed E-state index contributed by atoms with van der Waals surface area (Å²) in [6.07, 6.45) is 0.686. The molecular formula is C25H23N3O4S2. The number of anilines is 1. The van der Waals surface area contributed by atoms with Gasteiger partial charge in [0.05, 0.1) is 23.4 Å². The monoisotopic (exact) mass is 493 g/mol. The molecular weight excluding hydrogens is 470 g/mol. The average Bonchev–Trinajstić information content (AvgIpc) is 3.32. The van der Waals surface area contributed by atoms with Crippen molar-refractivity contribution in [1.82, 2.24) is 9.55 Å². The van der Waals surface area contributed by atoms with E-state index in [1.54, 1.807) is 35.8 Å². The fraction of sp³-hybridized carbons (Fsp3) is 0.200. The molecule has 0 radical (unpaired) electrons. The Hall–Kier alpha value is -3.43. The van der Waals surface area contributed by atoms with Crippen molar-refractivity contribution in [3.63, 3.8) is 0 Å². The molecule has 9 heteroatoms. The molecule has 2 heterocycles. The van der Waals surface area contributed by atoms with Crippen molar-refractivity contribution in [1.29, 1.82) is 0 Å². The highest BCUT2D eigenvalue weighted by Crippen LogP contribution is 2.22. The molecule has 0 aliphatic heterocycles. The predicted octanol–water partition coefficient (Wildman–Crippen LogP) is 4.61. The van der Waals surface area contributed by atoms with E-state index in [0.717, 1.165) is 5.56 Å². The number of aryl methyl sites for hydroxylation is 1. The van der Waals surface area contributed by atoms with Crippen LogP contribution in [0, 0.1) is 0 Å². The normalized spacial score (nSPS) is 10.9. The van der Waals surface area contributed by atoms with Crippen molar-refractivity contribution >= 4 is 50.9 Å². The van der Waals surface area contributed by atoms with Gasteiger partial charge in [-0.3, -0.25) is 14.2 Å². The summed E-state index contributed by atoms with van der Waals surface area (Å²) in [7, 11) is 0. The van der Waals surface area contributed by atoms with Crippen LogP contribution in [-0.4, -0.2) is 33.8 Å².